The average molecular weight is 317 g/mol. The smallest absolute Gasteiger partial charge is 0.247 e. The fourth-order valence-electron chi connectivity index (χ4n) is 2.85. The highest BCUT2D eigenvalue weighted by molar-refractivity contribution is 6.30. The molecule has 6 heteroatoms. The van der Waals surface area contributed by atoms with E-state index in [2.05, 4.69) is 0 Å². The molecule has 2 N–H and O–H groups in total. The van der Waals surface area contributed by atoms with E-state index >= 15 is 0 Å². The van der Waals surface area contributed by atoms with Gasteiger partial charge in [0.05, 0.1) is 6.04 Å². The number of halogens is 1. The molecule has 1 fully saturated rings. The van der Waals surface area contributed by atoms with Crippen LogP contribution >= 0.6 is 11.6 Å². The Kier molecular flexibility index (Phi) is 2.99. The molecule has 2 aliphatic rings. The summed E-state index contributed by atoms with van der Waals surface area (Å²) in [5.41, 5.74) is 7.70. The van der Waals surface area contributed by atoms with Crippen molar-refractivity contribution >= 4 is 23.2 Å². The summed E-state index contributed by atoms with van der Waals surface area (Å²) in [6.45, 7) is 0.201. The minimum atomic E-state index is -0.549. The van der Waals surface area contributed by atoms with Crippen LogP contribution in [-0.4, -0.2) is 18.7 Å². The number of benzene rings is 2. The summed E-state index contributed by atoms with van der Waals surface area (Å²) in [6.07, 6.45) is 0. The van der Waals surface area contributed by atoms with Crippen LogP contribution < -0.4 is 20.1 Å². The van der Waals surface area contributed by atoms with Gasteiger partial charge >= 0.3 is 0 Å². The van der Waals surface area contributed by atoms with Crippen LogP contribution in [0.2, 0.25) is 5.02 Å². The first-order chi connectivity index (χ1) is 10.6. The molecule has 0 aliphatic carbocycles. The first kappa shape index (κ1) is 13.4. The molecule has 0 aromatic heterocycles. The van der Waals surface area contributed by atoms with E-state index in [0.29, 0.717) is 16.5 Å². The topological polar surface area (TPSA) is 64.8 Å². The summed E-state index contributed by atoms with van der Waals surface area (Å²) in [5, 5.41) is 0.651. The van der Waals surface area contributed by atoms with Crippen molar-refractivity contribution in [3.8, 4) is 11.5 Å². The summed E-state index contributed by atoms with van der Waals surface area (Å²) < 4.78 is 10.7. The molecule has 1 saturated heterocycles. The number of anilines is 1. The Bertz CT molecular complexity index is 748. The lowest BCUT2D eigenvalue weighted by atomic mass is 9.88. The summed E-state index contributed by atoms with van der Waals surface area (Å²) in [6, 6.07) is 12.0. The van der Waals surface area contributed by atoms with Crippen molar-refractivity contribution in [1.82, 2.24) is 0 Å². The maximum atomic E-state index is 12.2. The number of hydrogen-bond acceptors (Lipinski definition) is 4. The Morgan fingerprint density at radius 3 is 2.59 bits per heavy atom. The van der Waals surface area contributed by atoms with Gasteiger partial charge in [-0.3, -0.25) is 4.79 Å². The molecule has 5 nitrogen and oxygen atoms in total. The minimum absolute atomic E-state index is 0.112. The van der Waals surface area contributed by atoms with Gasteiger partial charge in [-0.05, 0) is 29.8 Å². The molecule has 0 saturated carbocycles. The number of ether oxygens (including phenoxy) is 2. The third kappa shape index (κ3) is 1.94. The molecule has 22 heavy (non-hydrogen) atoms. The van der Waals surface area contributed by atoms with Gasteiger partial charge in [-0.2, -0.15) is 0 Å². The van der Waals surface area contributed by atoms with Crippen LogP contribution in [0.5, 0.6) is 11.5 Å². The number of nitrogens with zero attached hydrogens (tertiary/aromatic N) is 1. The van der Waals surface area contributed by atoms with E-state index in [9.17, 15) is 4.79 Å². The van der Waals surface area contributed by atoms with Crippen molar-refractivity contribution in [2.45, 2.75) is 12.1 Å². The second-order valence-corrected chi connectivity index (χ2v) is 5.70. The molecule has 2 heterocycles. The fourth-order valence-corrected chi connectivity index (χ4v) is 2.98. The van der Waals surface area contributed by atoms with Gasteiger partial charge in [0.2, 0.25) is 12.7 Å². The van der Waals surface area contributed by atoms with Gasteiger partial charge in [-0.1, -0.05) is 23.7 Å². The molecular weight excluding hydrogens is 304 g/mol. The van der Waals surface area contributed by atoms with Gasteiger partial charge < -0.3 is 20.1 Å². The van der Waals surface area contributed by atoms with Crippen molar-refractivity contribution < 1.29 is 14.3 Å². The molecule has 0 spiro atoms. The second-order valence-electron chi connectivity index (χ2n) is 5.27. The van der Waals surface area contributed by atoms with Crippen LogP contribution in [0.1, 0.15) is 11.6 Å². The Morgan fingerprint density at radius 1 is 1.09 bits per heavy atom. The molecule has 1 amide bonds. The standard InChI is InChI=1S/C16H13ClN2O3/c17-10-3-1-9(2-4-10)15-14(18)16(20)19(15)11-5-6-12-13(7-11)22-8-21-12/h1-7,14-15H,8,18H2/t14-,15+/m1/s1. The van der Waals surface area contributed by atoms with Gasteiger partial charge in [0.15, 0.2) is 11.5 Å². The van der Waals surface area contributed by atoms with E-state index in [0.717, 1.165) is 11.3 Å². The zero-order valence-electron chi connectivity index (χ0n) is 11.5. The van der Waals surface area contributed by atoms with E-state index in [1.165, 1.54) is 0 Å². The molecule has 4 rings (SSSR count). The normalized spacial score (nSPS) is 22.6. The van der Waals surface area contributed by atoms with E-state index in [-0.39, 0.29) is 18.7 Å². The van der Waals surface area contributed by atoms with Crippen molar-refractivity contribution in [2.75, 3.05) is 11.7 Å². The van der Waals surface area contributed by atoms with Crippen LogP contribution in [-0.2, 0) is 4.79 Å². The molecule has 2 aromatic carbocycles. The molecular formula is C16H13ClN2O3. The number of carbonyl (C=O) groups excluding carboxylic acids is 1. The lowest BCUT2D eigenvalue weighted by Crippen LogP contribution is -2.63. The number of carbonyl (C=O) groups is 1. The Labute approximate surface area is 132 Å². The van der Waals surface area contributed by atoms with Gasteiger partial charge in [-0.25, -0.2) is 0 Å². The summed E-state index contributed by atoms with van der Waals surface area (Å²) >= 11 is 5.92. The maximum absolute atomic E-state index is 12.2. The highest BCUT2D eigenvalue weighted by Gasteiger charge is 2.46. The number of hydrogen-bond donors (Lipinski definition) is 1. The number of fused-ring (bicyclic) bond motifs is 1. The zero-order valence-corrected chi connectivity index (χ0v) is 12.3. The number of β-lactam (4-membered cyclic amide) rings is 1. The lowest BCUT2D eigenvalue weighted by molar-refractivity contribution is -0.126. The monoisotopic (exact) mass is 316 g/mol. The first-order valence-corrected chi connectivity index (χ1v) is 7.27. The summed E-state index contributed by atoms with van der Waals surface area (Å²) in [4.78, 5) is 13.9. The van der Waals surface area contributed by atoms with Gasteiger partial charge in [-0.15, -0.1) is 0 Å². The molecule has 2 aromatic rings. The maximum Gasteiger partial charge on any atom is 0.247 e. The van der Waals surface area contributed by atoms with E-state index in [4.69, 9.17) is 26.8 Å². The zero-order chi connectivity index (χ0) is 15.3. The molecule has 2 aliphatic heterocycles. The number of amides is 1. The summed E-state index contributed by atoms with van der Waals surface area (Å²) in [7, 11) is 0. The third-order valence-electron chi connectivity index (χ3n) is 3.99. The predicted molar refractivity (Wildman–Crippen MR) is 82.2 cm³/mol. The van der Waals surface area contributed by atoms with Gasteiger partial charge in [0.25, 0.3) is 0 Å². The first-order valence-electron chi connectivity index (χ1n) is 6.89. The molecule has 0 radical (unpaired) electrons. The summed E-state index contributed by atoms with van der Waals surface area (Å²) in [5.74, 6) is 1.21. The van der Waals surface area contributed by atoms with Crippen LogP contribution in [0.25, 0.3) is 0 Å². The minimum Gasteiger partial charge on any atom is -0.454 e. The molecule has 2 atom stereocenters. The number of rotatable bonds is 2. The van der Waals surface area contributed by atoms with Gasteiger partial charge in [0, 0.05) is 16.8 Å². The largest absolute Gasteiger partial charge is 0.454 e. The molecule has 112 valence electrons. The quantitative estimate of drug-likeness (QED) is 0.865. The van der Waals surface area contributed by atoms with Gasteiger partial charge in [0.1, 0.15) is 6.04 Å². The van der Waals surface area contributed by atoms with E-state index in [1.54, 1.807) is 29.2 Å². The average Bonchev–Trinajstić information content (AvgIpc) is 3.00. The third-order valence-corrected chi connectivity index (χ3v) is 4.24. The van der Waals surface area contributed by atoms with Crippen molar-refractivity contribution in [3.05, 3.63) is 53.1 Å². The highest BCUT2D eigenvalue weighted by Crippen LogP contribution is 2.42. The van der Waals surface area contributed by atoms with Crippen molar-refractivity contribution in [1.29, 1.82) is 0 Å². The van der Waals surface area contributed by atoms with Crippen LogP contribution in [0.3, 0.4) is 0 Å². The van der Waals surface area contributed by atoms with Crippen LogP contribution in [0.15, 0.2) is 42.5 Å². The Hall–Kier alpha value is -2.24. The number of nitrogens with two attached hydrogens (primary N) is 1. The van der Waals surface area contributed by atoms with Crippen molar-refractivity contribution in [2.24, 2.45) is 5.73 Å². The Balaban J connectivity index is 1.70. The van der Waals surface area contributed by atoms with Crippen LogP contribution in [0, 0.1) is 0 Å². The SMILES string of the molecule is N[C@H]1C(=O)N(c2ccc3c(c2)OCO3)[C@H]1c1ccc(Cl)cc1. The molecule has 0 unspecified atom stereocenters. The Morgan fingerprint density at radius 2 is 1.82 bits per heavy atom. The fraction of sp³-hybridized carbons (Fsp3) is 0.188. The lowest BCUT2D eigenvalue weighted by Gasteiger charge is -2.45. The molecule has 0 bridgehead atoms. The van der Waals surface area contributed by atoms with Crippen molar-refractivity contribution in [3.63, 3.8) is 0 Å². The van der Waals surface area contributed by atoms with Crippen LogP contribution in [0.4, 0.5) is 5.69 Å². The second kappa shape index (κ2) is 4.90. The predicted octanol–water partition coefficient (Wildman–Crippen LogP) is 2.48. The van der Waals surface area contributed by atoms with E-state index in [1.807, 2.05) is 18.2 Å². The van der Waals surface area contributed by atoms with E-state index < -0.39 is 6.04 Å². The highest BCUT2D eigenvalue weighted by atomic mass is 35.5.